The van der Waals surface area contributed by atoms with Gasteiger partial charge in [0.25, 0.3) is 5.89 Å². The molecule has 5 nitrogen and oxygen atoms in total. The third-order valence-corrected chi connectivity index (χ3v) is 3.31. The van der Waals surface area contributed by atoms with Crippen molar-refractivity contribution < 1.29 is 14.0 Å². The zero-order valence-corrected chi connectivity index (χ0v) is 12.9. The lowest BCUT2D eigenvalue weighted by Gasteiger charge is -2.02. The molecule has 0 saturated heterocycles. The van der Waals surface area contributed by atoms with Crippen molar-refractivity contribution in [2.45, 2.75) is 0 Å². The Hall–Kier alpha value is -3.08. The van der Waals surface area contributed by atoms with Gasteiger partial charge in [0.1, 0.15) is 11.5 Å². The van der Waals surface area contributed by atoms with Crippen LogP contribution in [-0.2, 0) is 0 Å². The molecule has 0 aliphatic rings. The van der Waals surface area contributed by atoms with Crippen LogP contribution in [0, 0.1) is 0 Å². The van der Waals surface area contributed by atoms with E-state index in [9.17, 15) is 0 Å². The molecule has 0 radical (unpaired) electrons. The van der Waals surface area contributed by atoms with Crippen LogP contribution >= 0.6 is 0 Å². The van der Waals surface area contributed by atoms with Gasteiger partial charge in [-0.25, -0.2) is 0 Å². The van der Waals surface area contributed by atoms with E-state index in [1.165, 1.54) is 0 Å². The largest absolute Gasteiger partial charge is 0.497 e. The van der Waals surface area contributed by atoms with Gasteiger partial charge in [-0.05, 0) is 24.3 Å². The number of hydrogen-bond donors (Lipinski definition) is 0. The summed E-state index contributed by atoms with van der Waals surface area (Å²) >= 11 is 0. The Labute approximate surface area is 134 Å². The molecule has 0 amide bonds. The minimum Gasteiger partial charge on any atom is -0.497 e. The number of benzene rings is 2. The van der Waals surface area contributed by atoms with Gasteiger partial charge in [0.15, 0.2) is 0 Å². The monoisotopic (exact) mass is 308 g/mol. The summed E-state index contributed by atoms with van der Waals surface area (Å²) in [6.45, 7) is 0. The first kappa shape index (κ1) is 14.8. The molecule has 5 heteroatoms. The van der Waals surface area contributed by atoms with E-state index in [0.29, 0.717) is 11.7 Å². The van der Waals surface area contributed by atoms with Crippen molar-refractivity contribution in [2.24, 2.45) is 0 Å². The average Bonchev–Trinajstić information content (AvgIpc) is 3.09. The quantitative estimate of drug-likeness (QED) is 0.715. The lowest BCUT2D eigenvalue weighted by Crippen LogP contribution is -1.85. The van der Waals surface area contributed by atoms with E-state index in [2.05, 4.69) is 10.1 Å². The van der Waals surface area contributed by atoms with Crippen LogP contribution in [0.15, 0.2) is 53.1 Å². The number of methoxy groups -OCH3 is 2. The summed E-state index contributed by atoms with van der Waals surface area (Å²) in [6.07, 6.45) is 3.64. The molecule has 3 rings (SSSR count). The standard InChI is InChI=1S/C18H16N2O3/c1-21-15-8-5-7-14(12-15)18-19-17(23-20-18)11-10-13-6-3-4-9-16(13)22-2/h3-12H,1-2H3/b11-10+. The van der Waals surface area contributed by atoms with E-state index in [4.69, 9.17) is 14.0 Å². The van der Waals surface area contributed by atoms with Gasteiger partial charge in [-0.15, -0.1) is 0 Å². The van der Waals surface area contributed by atoms with Crippen molar-refractivity contribution in [1.82, 2.24) is 10.1 Å². The van der Waals surface area contributed by atoms with Crippen molar-refractivity contribution in [1.29, 1.82) is 0 Å². The van der Waals surface area contributed by atoms with Gasteiger partial charge in [-0.1, -0.05) is 35.5 Å². The third-order valence-electron chi connectivity index (χ3n) is 3.31. The van der Waals surface area contributed by atoms with E-state index < -0.39 is 0 Å². The SMILES string of the molecule is COc1cccc(-c2noc(/C=C/c3ccccc3OC)n2)c1. The predicted molar refractivity (Wildman–Crippen MR) is 88.2 cm³/mol. The third kappa shape index (κ3) is 3.40. The first-order chi connectivity index (χ1) is 11.3. The molecule has 0 N–H and O–H groups in total. The molecule has 23 heavy (non-hydrogen) atoms. The maximum absolute atomic E-state index is 5.30. The van der Waals surface area contributed by atoms with Gasteiger partial charge in [-0.2, -0.15) is 4.98 Å². The van der Waals surface area contributed by atoms with E-state index in [-0.39, 0.29) is 0 Å². The summed E-state index contributed by atoms with van der Waals surface area (Å²) < 4.78 is 15.8. The second-order valence-corrected chi connectivity index (χ2v) is 4.76. The average molecular weight is 308 g/mol. The van der Waals surface area contributed by atoms with Crippen LogP contribution in [0.1, 0.15) is 11.5 Å². The highest BCUT2D eigenvalue weighted by atomic mass is 16.5. The van der Waals surface area contributed by atoms with Gasteiger partial charge in [0.05, 0.1) is 14.2 Å². The zero-order valence-electron chi connectivity index (χ0n) is 12.9. The molecule has 0 saturated carbocycles. The van der Waals surface area contributed by atoms with Crippen molar-refractivity contribution >= 4 is 12.2 Å². The molecule has 116 valence electrons. The molecular formula is C18H16N2O3. The maximum atomic E-state index is 5.30. The number of rotatable bonds is 5. The van der Waals surface area contributed by atoms with Gasteiger partial charge in [-0.3, -0.25) is 0 Å². The maximum Gasteiger partial charge on any atom is 0.250 e. The number of hydrogen-bond acceptors (Lipinski definition) is 5. The topological polar surface area (TPSA) is 57.4 Å². The Morgan fingerprint density at radius 3 is 2.65 bits per heavy atom. The van der Waals surface area contributed by atoms with Crippen LogP contribution in [0.25, 0.3) is 23.5 Å². The first-order valence-electron chi connectivity index (χ1n) is 7.09. The number of para-hydroxylation sites is 1. The fourth-order valence-corrected chi connectivity index (χ4v) is 2.15. The summed E-state index contributed by atoms with van der Waals surface area (Å²) in [5.41, 5.74) is 1.78. The van der Waals surface area contributed by atoms with Gasteiger partial charge in [0, 0.05) is 17.2 Å². The number of ether oxygens (including phenoxy) is 2. The second-order valence-electron chi connectivity index (χ2n) is 4.76. The summed E-state index contributed by atoms with van der Waals surface area (Å²) in [6, 6.07) is 15.2. The Kier molecular flexibility index (Phi) is 4.38. The van der Waals surface area contributed by atoms with E-state index in [0.717, 1.165) is 22.6 Å². The van der Waals surface area contributed by atoms with Crippen LogP contribution in [0.5, 0.6) is 11.5 Å². The van der Waals surface area contributed by atoms with E-state index >= 15 is 0 Å². The molecule has 0 spiro atoms. The molecular weight excluding hydrogens is 292 g/mol. The van der Waals surface area contributed by atoms with Crippen molar-refractivity contribution in [3.05, 3.63) is 60.0 Å². The first-order valence-corrected chi connectivity index (χ1v) is 7.09. The van der Waals surface area contributed by atoms with E-state index in [1.54, 1.807) is 20.3 Å². The van der Waals surface area contributed by atoms with Crippen LogP contribution in [0.4, 0.5) is 0 Å². The smallest absolute Gasteiger partial charge is 0.250 e. The van der Waals surface area contributed by atoms with Crippen LogP contribution < -0.4 is 9.47 Å². The summed E-state index contributed by atoms with van der Waals surface area (Å²) in [7, 11) is 3.26. The molecule has 0 atom stereocenters. The molecule has 1 aromatic heterocycles. The molecule has 3 aromatic rings. The van der Waals surface area contributed by atoms with Crippen LogP contribution in [-0.4, -0.2) is 24.4 Å². The highest BCUT2D eigenvalue weighted by Crippen LogP contribution is 2.23. The summed E-state index contributed by atoms with van der Waals surface area (Å²) in [5, 5.41) is 3.99. The van der Waals surface area contributed by atoms with Crippen LogP contribution in [0.2, 0.25) is 0 Å². The highest BCUT2D eigenvalue weighted by molar-refractivity contribution is 5.70. The number of nitrogens with zero attached hydrogens (tertiary/aromatic N) is 2. The van der Waals surface area contributed by atoms with Crippen molar-refractivity contribution in [2.75, 3.05) is 14.2 Å². The van der Waals surface area contributed by atoms with Crippen molar-refractivity contribution in [3.63, 3.8) is 0 Å². The van der Waals surface area contributed by atoms with Crippen molar-refractivity contribution in [3.8, 4) is 22.9 Å². The van der Waals surface area contributed by atoms with Crippen LogP contribution in [0.3, 0.4) is 0 Å². The molecule has 1 heterocycles. The predicted octanol–water partition coefficient (Wildman–Crippen LogP) is 3.92. The molecule has 0 bridgehead atoms. The summed E-state index contributed by atoms with van der Waals surface area (Å²) in [5.74, 6) is 2.48. The minimum atomic E-state index is 0.425. The summed E-state index contributed by atoms with van der Waals surface area (Å²) in [4.78, 5) is 4.37. The Bertz CT molecular complexity index is 824. The Morgan fingerprint density at radius 2 is 1.83 bits per heavy atom. The molecule has 0 aliphatic heterocycles. The highest BCUT2D eigenvalue weighted by Gasteiger charge is 2.07. The number of aromatic nitrogens is 2. The molecule has 0 aliphatic carbocycles. The van der Waals surface area contributed by atoms with Gasteiger partial charge < -0.3 is 14.0 Å². The zero-order chi connectivity index (χ0) is 16.1. The fraction of sp³-hybridized carbons (Fsp3) is 0.111. The molecule has 0 fully saturated rings. The van der Waals surface area contributed by atoms with Gasteiger partial charge in [0.2, 0.25) is 5.82 Å². The fourth-order valence-electron chi connectivity index (χ4n) is 2.15. The van der Waals surface area contributed by atoms with E-state index in [1.807, 2.05) is 54.6 Å². The lowest BCUT2D eigenvalue weighted by atomic mass is 10.2. The lowest BCUT2D eigenvalue weighted by molar-refractivity contribution is 0.410. The normalized spacial score (nSPS) is 10.9. The Balaban J connectivity index is 1.83. The molecule has 0 unspecified atom stereocenters. The second kappa shape index (κ2) is 6.79. The van der Waals surface area contributed by atoms with Gasteiger partial charge >= 0.3 is 0 Å². The Morgan fingerprint density at radius 1 is 0.957 bits per heavy atom. The minimum absolute atomic E-state index is 0.425. The molecule has 2 aromatic carbocycles.